The van der Waals surface area contributed by atoms with Crippen LogP contribution in [0.3, 0.4) is 0 Å². The highest BCUT2D eigenvalue weighted by Crippen LogP contribution is 2.23. The number of amides is 2. The number of hydrogen-bond donors (Lipinski definition) is 2. The van der Waals surface area contributed by atoms with Gasteiger partial charge < -0.3 is 10.6 Å². The number of halogens is 1. The van der Waals surface area contributed by atoms with Gasteiger partial charge in [0.15, 0.2) is 0 Å². The van der Waals surface area contributed by atoms with E-state index >= 15 is 0 Å². The number of rotatable bonds is 5. The summed E-state index contributed by atoms with van der Waals surface area (Å²) in [5.74, 6) is 0.179. The number of hydrogen-bond acceptors (Lipinski definition) is 4. The number of aromatic nitrogens is 3. The lowest BCUT2D eigenvalue weighted by Crippen LogP contribution is -2.28. The van der Waals surface area contributed by atoms with Crippen molar-refractivity contribution >= 4 is 29.1 Å². The van der Waals surface area contributed by atoms with E-state index in [4.69, 9.17) is 11.6 Å². The zero-order valence-corrected chi connectivity index (χ0v) is 13.9. The maximum absolute atomic E-state index is 12.3. The minimum absolute atomic E-state index is 0.225. The van der Waals surface area contributed by atoms with E-state index in [-0.39, 0.29) is 17.9 Å². The first-order chi connectivity index (χ1) is 10.9. The summed E-state index contributed by atoms with van der Waals surface area (Å²) in [5, 5.41) is 9.83. The van der Waals surface area contributed by atoms with Gasteiger partial charge in [-0.1, -0.05) is 11.6 Å². The van der Waals surface area contributed by atoms with E-state index in [0.29, 0.717) is 28.6 Å². The van der Waals surface area contributed by atoms with Gasteiger partial charge >= 0.3 is 0 Å². The Morgan fingerprint density at radius 1 is 1.39 bits per heavy atom. The minimum atomic E-state index is -0.293. The van der Waals surface area contributed by atoms with Gasteiger partial charge in [0, 0.05) is 19.0 Å². The van der Waals surface area contributed by atoms with Crippen molar-refractivity contribution in [2.24, 2.45) is 0 Å². The second kappa shape index (κ2) is 7.23. The zero-order valence-electron chi connectivity index (χ0n) is 13.1. The molecule has 2 aromatic rings. The van der Waals surface area contributed by atoms with Crippen molar-refractivity contribution in [3.05, 3.63) is 40.9 Å². The molecule has 23 heavy (non-hydrogen) atoms. The van der Waals surface area contributed by atoms with Crippen LogP contribution < -0.4 is 10.6 Å². The smallest absolute Gasteiger partial charge is 0.251 e. The van der Waals surface area contributed by atoms with Crippen LogP contribution in [-0.4, -0.2) is 26.6 Å². The highest BCUT2D eigenvalue weighted by atomic mass is 35.5. The highest BCUT2D eigenvalue weighted by molar-refractivity contribution is 6.34. The standard InChI is InChI=1S/C15H18ClN5O2/c1-4-21-14(17-8-18-21)9(2)19-15(23)11-5-6-13(12(16)7-11)20-10(3)22/h5-9H,4H2,1-3H3,(H,19,23)(H,20,22). The predicted octanol–water partition coefficient (Wildman–Crippen LogP) is 2.40. The van der Waals surface area contributed by atoms with Crippen molar-refractivity contribution in [2.45, 2.75) is 33.4 Å². The van der Waals surface area contributed by atoms with Gasteiger partial charge in [-0.3, -0.25) is 9.59 Å². The zero-order chi connectivity index (χ0) is 17.0. The van der Waals surface area contributed by atoms with Crippen LogP contribution in [0.1, 0.15) is 43.0 Å². The quantitative estimate of drug-likeness (QED) is 0.878. The summed E-state index contributed by atoms with van der Waals surface area (Å²) < 4.78 is 1.72. The predicted molar refractivity (Wildman–Crippen MR) is 87.3 cm³/mol. The Hall–Kier alpha value is -2.41. The molecule has 0 saturated carbocycles. The fraction of sp³-hybridized carbons (Fsp3) is 0.333. The number of carbonyl (C=O) groups excluding carboxylic acids is 2. The Kier molecular flexibility index (Phi) is 5.33. The van der Waals surface area contributed by atoms with Gasteiger partial charge in [0.1, 0.15) is 12.2 Å². The van der Waals surface area contributed by atoms with Crippen molar-refractivity contribution in [1.29, 1.82) is 0 Å². The number of carbonyl (C=O) groups is 2. The Labute approximate surface area is 139 Å². The highest BCUT2D eigenvalue weighted by Gasteiger charge is 2.17. The first kappa shape index (κ1) is 17.0. The SMILES string of the molecule is CCn1ncnc1C(C)NC(=O)c1ccc(NC(C)=O)c(Cl)c1. The van der Waals surface area contributed by atoms with Gasteiger partial charge in [-0.05, 0) is 32.0 Å². The van der Waals surface area contributed by atoms with Crippen LogP contribution >= 0.6 is 11.6 Å². The molecule has 0 radical (unpaired) electrons. The molecule has 0 aliphatic heterocycles. The van der Waals surface area contributed by atoms with E-state index in [2.05, 4.69) is 20.7 Å². The van der Waals surface area contributed by atoms with E-state index in [1.807, 2.05) is 13.8 Å². The lowest BCUT2D eigenvalue weighted by atomic mass is 10.1. The van der Waals surface area contributed by atoms with E-state index in [0.717, 1.165) is 0 Å². The van der Waals surface area contributed by atoms with Crippen LogP contribution in [0.2, 0.25) is 5.02 Å². The van der Waals surface area contributed by atoms with Crippen LogP contribution in [-0.2, 0) is 11.3 Å². The fourth-order valence-electron chi connectivity index (χ4n) is 2.14. The van der Waals surface area contributed by atoms with Gasteiger partial charge in [0.2, 0.25) is 5.91 Å². The van der Waals surface area contributed by atoms with Gasteiger partial charge in [0.05, 0.1) is 16.8 Å². The molecule has 1 unspecified atom stereocenters. The lowest BCUT2D eigenvalue weighted by Gasteiger charge is -2.14. The summed E-state index contributed by atoms with van der Waals surface area (Å²) in [6, 6.07) is 4.42. The molecule has 2 N–H and O–H groups in total. The monoisotopic (exact) mass is 335 g/mol. The van der Waals surface area contributed by atoms with Gasteiger partial charge in [0.25, 0.3) is 5.91 Å². The van der Waals surface area contributed by atoms with Crippen molar-refractivity contribution < 1.29 is 9.59 Å². The number of nitrogens with zero attached hydrogens (tertiary/aromatic N) is 3. The van der Waals surface area contributed by atoms with Crippen molar-refractivity contribution in [3.63, 3.8) is 0 Å². The van der Waals surface area contributed by atoms with Gasteiger partial charge in [-0.2, -0.15) is 5.10 Å². The van der Waals surface area contributed by atoms with Gasteiger partial charge in [-0.25, -0.2) is 9.67 Å². The molecule has 1 heterocycles. The maximum Gasteiger partial charge on any atom is 0.251 e. The molecule has 122 valence electrons. The molecular weight excluding hydrogens is 318 g/mol. The van der Waals surface area contributed by atoms with Crippen LogP contribution in [0.5, 0.6) is 0 Å². The van der Waals surface area contributed by atoms with Crippen LogP contribution in [0.4, 0.5) is 5.69 Å². The first-order valence-corrected chi connectivity index (χ1v) is 7.55. The summed E-state index contributed by atoms with van der Waals surface area (Å²) in [6.07, 6.45) is 1.46. The molecule has 1 atom stereocenters. The summed E-state index contributed by atoms with van der Waals surface area (Å²) in [4.78, 5) is 27.5. The minimum Gasteiger partial charge on any atom is -0.342 e. The molecule has 7 nitrogen and oxygen atoms in total. The molecule has 2 amide bonds. The lowest BCUT2D eigenvalue weighted by molar-refractivity contribution is -0.114. The van der Waals surface area contributed by atoms with E-state index in [1.165, 1.54) is 19.3 Å². The largest absolute Gasteiger partial charge is 0.342 e. The Bertz CT molecular complexity index is 728. The summed E-state index contributed by atoms with van der Waals surface area (Å²) in [7, 11) is 0. The summed E-state index contributed by atoms with van der Waals surface area (Å²) in [6.45, 7) is 5.85. The van der Waals surface area contributed by atoms with Crippen LogP contribution in [0.25, 0.3) is 0 Å². The molecule has 0 fully saturated rings. The van der Waals surface area contributed by atoms with E-state index in [1.54, 1.807) is 16.8 Å². The second-order valence-electron chi connectivity index (χ2n) is 5.00. The van der Waals surface area contributed by atoms with Gasteiger partial charge in [-0.15, -0.1) is 0 Å². The number of benzene rings is 1. The molecule has 1 aromatic carbocycles. The third-order valence-electron chi connectivity index (χ3n) is 3.22. The third-order valence-corrected chi connectivity index (χ3v) is 3.53. The van der Waals surface area contributed by atoms with Crippen LogP contribution in [0.15, 0.2) is 24.5 Å². The molecule has 0 aliphatic carbocycles. The summed E-state index contributed by atoms with van der Waals surface area (Å²) in [5.41, 5.74) is 0.869. The number of aryl methyl sites for hydroxylation is 1. The molecule has 0 bridgehead atoms. The summed E-state index contributed by atoms with van der Waals surface area (Å²) >= 11 is 6.08. The maximum atomic E-state index is 12.3. The number of nitrogens with one attached hydrogen (secondary N) is 2. The van der Waals surface area contributed by atoms with Crippen LogP contribution in [0, 0.1) is 0 Å². The molecule has 8 heteroatoms. The molecule has 0 saturated heterocycles. The molecular formula is C15H18ClN5O2. The third kappa shape index (κ3) is 4.07. The van der Waals surface area contributed by atoms with Crippen molar-refractivity contribution in [2.75, 3.05) is 5.32 Å². The Morgan fingerprint density at radius 2 is 2.13 bits per heavy atom. The average Bonchev–Trinajstić information content (AvgIpc) is 2.97. The van der Waals surface area contributed by atoms with E-state index < -0.39 is 0 Å². The van der Waals surface area contributed by atoms with Crippen molar-refractivity contribution in [3.8, 4) is 0 Å². The molecule has 1 aromatic heterocycles. The fourth-order valence-corrected chi connectivity index (χ4v) is 2.37. The molecule has 2 rings (SSSR count). The molecule has 0 aliphatic rings. The topological polar surface area (TPSA) is 88.9 Å². The molecule has 0 spiro atoms. The first-order valence-electron chi connectivity index (χ1n) is 7.18. The van der Waals surface area contributed by atoms with Crippen molar-refractivity contribution in [1.82, 2.24) is 20.1 Å². The second-order valence-corrected chi connectivity index (χ2v) is 5.41. The Balaban J connectivity index is 2.11. The number of anilines is 1. The average molecular weight is 336 g/mol. The van der Waals surface area contributed by atoms with E-state index in [9.17, 15) is 9.59 Å². The normalized spacial score (nSPS) is 11.8. The Morgan fingerprint density at radius 3 is 2.74 bits per heavy atom.